The first-order valence-electron chi connectivity index (χ1n) is 8.64. The fraction of sp³-hybridized carbons (Fsp3) is 0.350. The predicted octanol–water partition coefficient (Wildman–Crippen LogP) is 3.28. The van der Waals surface area contributed by atoms with Crippen molar-refractivity contribution in [3.63, 3.8) is 0 Å². The maximum Gasteiger partial charge on any atom is 0.161 e. The molecule has 5 heteroatoms. The second-order valence-electron chi connectivity index (χ2n) is 5.74. The zero-order valence-corrected chi connectivity index (χ0v) is 14.5. The molecule has 0 aromatic heterocycles. The third kappa shape index (κ3) is 4.89. The van der Waals surface area contributed by atoms with Crippen molar-refractivity contribution in [1.29, 1.82) is 0 Å². The number of benzene rings is 2. The second kappa shape index (κ2) is 8.97. The number of aliphatic imine (C=N–C) groups is 1. The fourth-order valence-electron chi connectivity index (χ4n) is 2.61. The summed E-state index contributed by atoms with van der Waals surface area (Å²) in [6.45, 7) is 3.01. The molecular formula is C20H24N2O3. The van der Waals surface area contributed by atoms with Crippen LogP contribution in [0.3, 0.4) is 0 Å². The molecule has 0 fully saturated rings. The molecule has 0 radical (unpaired) electrons. The van der Waals surface area contributed by atoms with E-state index in [1.165, 1.54) is 0 Å². The van der Waals surface area contributed by atoms with Gasteiger partial charge < -0.3 is 19.5 Å². The Morgan fingerprint density at radius 3 is 2.60 bits per heavy atom. The molecule has 1 aliphatic rings. The van der Waals surface area contributed by atoms with Gasteiger partial charge >= 0.3 is 0 Å². The van der Waals surface area contributed by atoms with E-state index < -0.39 is 0 Å². The van der Waals surface area contributed by atoms with Gasteiger partial charge in [-0.2, -0.15) is 0 Å². The van der Waals surface area contributed by atoms with Gasteiger partial charge in [-0.05, 0) is 36.8 Å². The van der Waals surface area contributed by atoms with Gasteiger partial charge in [0, 0.05) is 25.1 Å². The summed E-state index contributed by atoms with van der Waals surface area (Å²) in [5.41, 5.74) is 1.02. The third-order valence-electron chi connectivity index (χ3n) is 3.89. The van der Waals surface area contributed by atoms with Crippen molar-refractivity contribution < 1.29 is 14.2 Å². The van der Waals surface area contributed by atoms with Crippen LogP contribution in [0.15, 0.2) is 53.5 Å². The first-order valence-corrected chi connectivity index (χ1v) is 8.64. The van der Waals surface area contributed by atoms with E-state index in [9.17, 15) is 0 Å². The van der Waals surface area contributed by atoms with Gasteiger partial charge in [0.25, 0.3) is 0 Å². The average Bonchev–Trinajstić information content (AvgIpc) is 2.69. The number of hydrogen-bond donors (Lipinski definition) is 1. The van der Waals surface area contributed by atoms with Gasteiger partial charge in [0.05, 0.1) is 20.3 Å². The van der Waals surface area contributed by atoms with Crippen molar-refractivity contribution in [2.24, 2.45) is 4.99 Å². The van der Waals surface area contributed by atoms with Crippen LogP contribution in [0, 0.1) is 0 Å². The topological polar surface area (TPSA) is 52.1 Å². The molecule has 3 rings (SSSR count). The van der Waals surface area contributed by atoms with Gasteiger partial charge in [0.15, 0.2) is 11.5 Å². The van der Waals surface area contributed by atoms with Crippen LogP contribution < -0.4 is 19.5 Å². The highest BCUT2D eigenvalue weighted by molar-refractivity contribution is 5.99. The van der Waals surface area contributed by atoms with E-state index in [0.29, 0.717) is 13.2 Å². The first kappa shape index (κ1) is 17.1. The molecule has 2 aromatic rings. The lowest BCUT2D eigenvalue weighted by molar-refractivity contribution is 0.240. The molecule has 1 N–H and O–H groups in total. The Morgan fingerprint density at radius 1 is 1.00 bits per heavy atom. The van der Waals surface area contributed by atoms with Crippen LogP contribution in [-0.4, -0.2) is 39.2 Å². The smallest absolute Gasteiger partial charge is 0.161 e. The number of hydrogen-bond acceptors (Lipinski definition) is 5. The van der Waals surface area contributed by atoms with E-state index in [0.717, 1.165) is 54.6 Å². The van der Waals surface area contributed by atoms with Crippen LogP contribution >= 0.6 is 0 Å². The Kier molecular flexibility index (Phi) is 6.15. The zero-order chi connectivity index (χ0) is 17.3. The number of nitrogens with zero attached hydrogens (tertiary/aromatic N) is 1. The molecular weight excluding hydrogens is 316 g/mol. The molecule has 1 aliphatic heterocycles. The number of amidine groups is 1. The van der Waals surface area contributed by atoms with Crippen molar-refractivity contribution in [2.45, 2.75) is 12.8 Å². The molecule has 5 nitrogen and oxygen atoms in total. The number of para-hydroxylation sites is 1. The molecule has 2 aromatic carbocycles. The fourth-order valence-corrected chi connectivity index (χ4v) is 2.61. The van der Waals surface area contributed by atoms with Gasteiger partial charge in [-0.15, -0.1) is 0 Å². The lowest BCUT2D eigenvalue weighted by Gasteiger charge is -2.17. The molecule has 0 saturated heterocycles. The lowest BCUT2D eigenvalue weighted by atomic mass is 10.1. The van der Waals surface area contributed by atoms with Crippen LogP contribution in [0.25, 0.3) is 0 Å². The maximum atomic E-state index is 5.84. The van der Waals surface area contributed by atoms with Gasteiger partial charge in [-0.3, -0.25) is 4.99 Å². The summed E-state index contributed by atoms with van der Waals surface area (Å²) in [7, 11) is 1.65. The van der Waals surface area contributed by atoms with Crippen molar-refractivity contribution in [3.05, 3.63) is 54.1 Å². The van der Waals surface area contributed by atoms with E-state index >= 15 is 0 Å². The number of methoxy groups -OCH3 is 1. The molecule has 0 aliphatic carbocycles. The molecule has 0 spiro atoms. The Labute approximate surface area is 148 Å². The predicted molar refractivity (Wildman–Crippen MR) is 99.1 cm³/mol. The largest absolute Gasteiger partial charge is 0.493 e. The van der Waals surface area contributed by atoms with Crippen molar-refractivity contribution >= 4 is 5.84 Å². The molecule has 0 atom stereocenters. The van der Waals surface area contributed by atoms with Crippen molar-refractivity contribution in [3.8, 4) is 17.2 Å². The summed E-state index contributed by atoms with van der Waals surface area (Å²) in [5, 5.41) is 3.32. The van der Waals surface area contributed by atoms with Gasteiger partial charge in [0.2, 0.25) is 0 Å². The number of rotatable bonds is 8. The zero-order valence-electron chi connectivity index (χ0n) is 14.5. The van der Waals surface area contributed by atoms with Crippen LogP contribution in [-0.2, 0) is 0 Å². The number of nitrogens with one attached hydrogen (secondary N) is 1. The van der Waals surface area contributed by atoms with E-state index in [2.05, 4.69) is 10.3 Å². The lowest BCUT2D eigenvalue weighted by Crippen LogP contribution is -2.30. The molecule has 0 bridgehead atoms. The van der Waals surface area contributed by atoms with E-state index in [-0.39, 0.29) is 0 Å². The Bertz CT molecular complexity index is 701. The Hall–Kier alpha value is -2.69. The monoisotopic (exact) mass is 340 g/mol. The first-order chi connectivity index (χ1) is 12.4. The molecule has 0 saturated carbocycles. The van der Waals surface area contributed by atoms with Crippen LogP contribution in [0.4, 0.5) is 0 Å². The van der Waals surface area contributed by atoms with E-state index in [1.807, 2.05) is 48.5 Å². The van der Waals surface area contributed by atoms with Crippen LogP contribution in [0.1, 0.15) is 18.4 Å². The summed E-state index contributed by atoms with van der Waals surface area (Å²) in [6, 6.07) is 15.7. The average molecular weight is 340 g/mol. The normalized spacial score (nSPS) is 13.6. The highest BCUT2D eigenvalue weighted by Crippen LogP contribution is 2.28. The van der Waals surface area contributed by atoms with Crippen LogP contribution in [0.5, 0.6) is 17.2 Å². The van der Waals surface area contributed by atoms with Gasteiger partial charge in [-0.1, -0.05) is 18.2 Å². The van der Waals surface area contributed by atoms with Gasteiger partial charge in [-0.25, -0.2) is 0 Å². The highest BCUT2D eigenvalue weighted by Gasteiger charge is 2.11. The summed E-state index contributed by atoms with van der Waals surface area (Å²) >= 11 is 0. The van der Waals surface area contributed by atoms with Crippen molar-refractivity contribution in [2.75, 3.05) is 33.4 Å². The molecule has 0 unspecified atom stereocenters. The quantitative estimate of drug-likeness (QED) is 0.749. The third-order valence-corrected chi connectivity index (χ3v) is 3.89. The Morgan fingerprint density at radius 2 is 1.84 bits per heavy atom. The minimum atomic E-state index is 0.571. The minimum absolute atomic E-state index is 0.571. The second-order valence-corrected chi connectivity index (χ2v) is 5.74. The summed E-state index contributed by atoms with van der Waals surface area (Å²) < 4.78 is 17.0. The summed E-state index contributed by atoms with van der Waals surface area (Å²) in [5.74, 6) is 3.26. The molecule has 0 amide bonds. The van der Waals surface area contributed by atoms with Crippen molar-refractivity contribution in [1.82, 2.24) is 5.32 Å². The summed E-state index contributed by atoms with van der Waals surface area (Å²) in [4.78, 5) is 4.51. The molecule has 1 heterocycles. The SMILES string of the molecule is COc1cc(C2=NCCCN2)ccc1OCCCOc1ccccc1. The van der Waals surface area contributed by atoms with Gasteiger partial charge in [0.1, 0.15) is 11.6 Å². The minimum Gasteiger partial charge on any atom is -0.493 e. The highest BCUT2D eigenvalue weighted by atomic mass is 16.5. The Balaban J connectivity index is 1.51. The maximum absolute atomic E-state index is 5.84. The van der Waals surface area contributed by atoms with E-state index in [1.54, 1.807) is 7.11 Å². The summed E-state index contributed by atoms with van der Waals surface area (Å²) in [6.07, 6.45) is 1.88. The van der Waals surface area contributed by atoms with E-state index in [4.69, 9.17) is 14.2 Å². The number of ether oxygens (including phenoxy) is 3. The standard InChI is InChI=1S/C20H24N2O3/c1-23-19-15-16(20-21-11-5-12-22-20)9-10-18(19)25-14-6-13-24-17-7-3-2-4-8-17/h2-4,7-10,15H,5-6,11-14H2,1H3,(H,21,22). The molecule has 132 valence electrons. The molecule has 25 heavy (non-hydrogen) atoms. The van der Waals surface area contributed by atoms with Crippen LogP contribution in [0.2, 0.25) is 0 Å².